The molecule has 20 heavy (non-hydrogen) atoms. The number of amides is 1. The van der Waals surface area contributed by atoms with Crippen LogP contribution in [-0.4, -0.2) is 24.0 Å². The summed E-state index contributed by atoms with van der Waals surface area (Å²) >= 11 is 0. The first-order valence-corrected chi connectivity index (χ1v) is 6.74. The summed E-state index contributed by atoms with van der Waals surface area (Å²) in [4.78, 5) is 22.1. The zero-order valence-electron chi connectivity index (χ0n) is 12.8. The Bertz CT molecular complexity index is 383. The molecule has 0 radical (unpaired) electrons. The van der Waals surface area contributed by atoms with E-state index in [2.05, 4.69) is 19.2 Å². The standard InChI is InChI=1S/C14H24N2O3.Na/c1-8(2)6-13(16-9(3)17)11-5-4-10(14(18)19)7-12(11)15;/h4,8,11-13H,5-7,15H2,1-3H3,(H,16,17)(H,18,19);/q;+1/p-1/t11-,12-,13+;/m1./s1. The molecule has 0 bridgehead atoms. The fourth-order valence-corrected chi connectivity index (χ4v) is 2.68. The van der Waals surface area contributed by atoms with Crippen LogP contribution in [0.5, 0.6) is 0 Å². The van der Waals surface area contributed by atoms with Gasteiger partial charge in [0.2, 0.25) is 5.91 Å². The van der Waals surface area contributed by atoms with Crippen molar-refractivity contribution in [1.29, 1.82) is 0 Å². The molecule has 0 aromatic carbocycles. The molecular formula is C14H23N2NaO3. The molecule has 108 valence electrons. The van der Waals surface area contributed by atoms with E-state index in [9.17, 15) is 14.7 Å². The molecule has 6 heteroatoms. The maximum atomic E-state index is 11.3. The van der Waals surface area contributed by atoms with Gasteiger partial charge in [-0.3, -0.25) is 4.79 Å². The molecule has 0 aromatic heterocycles. The first kappa shape index (κ1) is 19.6. The minimum Gasteiger partial charge on any atom is -0.545 e. The fraction of sp³-hybridized carbons (Fsp3) is 0.714. The molecule has 0 spiro atoms. The van der Waals surface area contributed by atoms with Crippen LogP contribution in [0, 0.1) is 11.8 Å². The molecule has 0 unspecified atom stereocenters. The van der Waals surface area contributed by atoms with Crippen molar-refractivity contribution < 1.29 is 44.3 Å². The quantitative estimate of drug-likeness (QED) is 0.526. The van der Waals surface area contributed by atoms with E-state index in [4.69, 9.17) is 5.73 Å². The Morgan fingerprint density at radius 3 is 2.50 bits per heavy atom. The summed E-state index contributed by atoms with van der Waals surface area (Å²) in [7, 11) is 0. The average Bonchev–Trinajstić information content (AvgIpc) is 2.26. The van der Waals surface area contributed by atoms with Crippen LogP contribution in [-0.2, 0) is 9.59 Å². The Hall–Kier alpha value is -0.360. The summed E-state index contributed by atoms with van der Waals surface area (Å²) < 4.78 is 0. The Kier molecular flexibility index (Phi) is 8.66. The van der Waals surface area contributed by atoms with E-state index in [1.165, 1.54) is 6.92 Å². The predicted octanol–water partition coefficient (Wildman–Crippen LogP) is -3.05. The molecule has 1 rings (SSSR count). The van der Waals surface area contributed by atoms with Crippen LogP contribution in [0.1, 0.15) is 40.0 Å². The summed E-state index contributed by atoms with van der Waals surface area (Å²) in [6, 6.07) is -0.263. The van der Waals surface area contributed by atoms with Crippen LogP contribution in [0.25, 0.3) is 0 Å². The third kappa shape index (κ3) is 5.95. The second-order valence-corrected chi connectivity index (χ2v) is 5.72. The number of nitrogens with one attached hydrogen (secondary N) is 1. The van der Waals surface area contributed by atoms with E-state index in [-0.39, 0.29) is 59.0 Å². The summed E-state index contributed by atoms with van der Waals surface area (Å²) in [5.74, 6) is -0.702. The molecule has 0 aromatic rings. The van der Waals surface area contributed by atoms with Gasteiger partial charge in [-0.1, -0.05) is 19.9 Å². The second kappa shape index (κ2) is 8.82. The number of rotatable bonds is 5. The van der Waals surface area contributed by atoms with Crippen molar-refractivity contribution in [3.05, 3.63) is 11.6 Å². The smallest absolute Gasteiger partial charge is 0.545 e. The molecule has 0 heterocycles. The summed E-state index contributed by atoms with van der Waals surface area (Å²) in [6.45, 7) is 5.67. The van der Waals surface area contributed by atoms with Crippen molar-refractivity contribution in [2.45, 2.75) is 52.1 Å². The third-order valence-electron chi connectivity index (χ3n) is 3.53. The molecule has 1 amide bonds. The molecule has 1 aliphatic rings. The van der Waals surface area contributed by atoms with Crippen molar-refractivity contribution >= 4 is 11.9 Å². The van der Waals surface area contributed by atoms with Gasteiger partial charge in [-0.2, -0.15) is 0 Å². The van der Waals surface area contributed by atoms with Crippen LogP contribution in [0.3, 0.4) is 0 Å². The monoisotopic (exact) mass is 290 g/mol. The SMILES string of the molecule is CC(=O)N[C@@H](CC(C)C)[C@@H]1CC=C(C(=O)[O-])C[C@H]1N.[Na+]. The molecule has 0 aliphatic heterocycles. The zero-order valence-corrected chi connectivity index (χ0v) is 14.8. The molecule has 1 aliphatic carbocycles. The Morgan fingerprint density at radius 2 is 2.10 bits per heavy atom. The minimum atomic E-state index is -1.14. The van der Waals surface area contributed by atoms with Gasteiger partial charge in [-0.25, -0.2) is 0 Å². The normalized spacial score (nSPS) is 23.6. The van der Waals surface area contributed by atoms with Crippen molar-refractivity contribution in [3.8, 4) is 0 Å². The summed E-state index contributed by atoms with van der Waals surface area (Å²) in [5, 5.41) is 13.8. The maximum Gasteiger partial charge on any atom is 1.00 e. The number of hydrogen-bond donors (Lipinski definition) is 2. The number of allylic oxidation sites excluding steroid dienone is 1. The maximum absolute atomic E-state index is 11.3. The number of nitrogens with two attached hydrogens (primary N) is 1. The van der Waals surface area contributed by atoms with E-state index in [1.54, 1.807) is 6.08 Å². The van der Waals surface area contributed by atoms with Crippen LogP contribution in [0.2, 0.25) is 0 Å². The number of carboxylic acids is 1. The molecule has 3 N–H and O–H groups in total. The molecule has 3 atom stereocenters. The molecular weight excluding hydrogens is 267 g/mol. The van der Waals surface area contributed by atoms with Crippen molar-refractivity contribution in [2.75, 3.05) is 0 Å². The largest absolute Gasteiger partial charge is 1.00 e. The van der Waals surface area contributed by atoms with Crippen molar-refractivity contribution in [2.24, 2.45) is 17.6 Å². The number of carbonyl (C=O) groups is 2. The molecule has 0 saturated heterocycles. The van der Waals surface area contributed by atoms with Gasteiger partial charge in [0.15, 0.2) is 0 Å². The first-order chi connectivity index (χ1) is 8.81. The van der Waals surface area contributed by atoms with Crippen LogP contribution in [0.15, 0.2) is 11.6 Å². The topological polar surface area (TPSA) is 95.2 Å². The first-order valence-electron chi connectivity index (χ1n) is 6.74. The van der Waals surface area contributed by atoms with Crippen LogP contribution >= 0.6 is 0 Å². The third-order valence-corrected chi connectivity index (χ3v) is 3.53. The van der Waals surface area contributed by atoms with E-state index in [1.807, 2.05) is 0 Å². The van der Waals surface area contributed by atoms with Gasteiger partial charge in [0.25, 0.3) is 0 Å². The van der Waals surface area contributed by atoms with Gasteiger partial charge >= 0.3 is 29.6 Å². The van der Waals surface area contributed by atoms with E-state index in [0.717, 1.165) is 6.42 Å². The van der Waals surface area contributed by atoms with Crippen LogP contribution < -0.4 is 45.7 Å². The minimum absolute atomic E-state index is 0. The van der Waals surface area contributed by atoms with Gasteiger partial charge in [0.05, 0.1) is 5.97 Å². The van der Waals surface area contributed by atoms with Crippen molar-refractivity contribution in [1.82, 2.24) is 5.32 Å². The Balaban J connectivity index is 0.00000361. The summed E-state index contributed by atoms with van der Waals surface area (Å²) in [6.07, 6.45) is 3.40. The van der Waals surface area contributed by atoms with E-state index >= 15 is 0 Å². The number of aliphatic carboxylic acids is 1. The second-order valence-electron chi connectivity index (χ2n) is 5.72. The van der Waals surface area contributed by atoms with Gasteiger partial charge < -0.3 is 21.0 Å². The number of carboxylic acid groups (broad SMARTS) is 1. The van der Waals surface area contributed by atoms with Crippen molar-refractivity contribution in [3.63, 3.8) is 0 Å². The van der Waals surface area contributed by atoms with Gasteiger partial charge in [0.1, 0.15) is 0 Å². The molecule has 0 fully saturated rings. The fourth-order valence-electron chi connectivity index (χ4n) is 2.68. The van der Waals surface area contributed by atoms with E-state index in [0.29, 0.717) is 18.8 Å². The molecule has 5 nitrogen and oxygen atoms in total. The van der Waals surface area contributed by atoms with Gasteiger partial charge in [0, 0.05) is 19.0 Å². The predicted molar refractivity (Wildman–Crippen MR) is 70.8 cm³/mol. The number of hydrogen-bond acceptors (Lipinski definition) is 4. The van der Waals surface area contributed by atoms with Gasteiger partial charge in [-0.05, 0) is 36.7 Å². The van der Waals surface area contributed by atoms with Gasteiger partial charge in [-0.15, -0.1) is 0 Å². The van der Waals surface area contributed by atoms with E-state index < -0.39 is 5.97 Å². The summed E-state index contributed by atoms with van der Waals surface area (Å²) in [5.41, 5.74) is 6.35. The van der Waals surface area contributed by atoms with Crippen LogP contribution in [0.4, 0.5) is 0 Å². The zero-order chi connectivity index (χ0) is 14.6. The molecule has 0 saturated carbocycles. The Labute approximate surface area is 142 Å². The average molecular weight is 290 g/mol. The Morgan fingerprint density at radius 1 is 1.50 bits per heavy atom. The number of carbonyl (C=O) groups excluding carboxylic acids is 2.